The molecule has 0 saturated heterocycles. The van der Waals surface area contributed by atoms with Crippen LogP contribution in [0.4, 0.5) is 5.69 Å². The van der Waals surface area contributed by atoms with Crippen molar-refractivity contribution in [1.29, 1.82) is 0 Å². The maximum atomic E-state index is 11.5. The van der Waals surface area contributed by atoms with Crippen LogP contribution in [0, 0.1) is 10.1 Å². The summed E-state index contributed by atoms with van der Waals surface area (Å²) in [5.74, 6) is 1.03. The van der Waals surface area contributed by atoms with Crippen LogP contribution in [-0.2, 0) is 6.42 Å². The second kappa shape index (κ2) is 9.88. The van der Waals surface area contributed by atoms with Crippen LogP contribution in [0.5, 0.6) is 11.5 Å². The van der Waals surface area contributed by atoms with E-state index in [2.05, 4.69) is 15.3 Å². The number of benzene rings is 2. The Kier molecular flexibility index (Phi) is 7.02. The summed E-state index contributed by atoms with van der Waals surface area (Å²) in [5.41, 5.74) is 1.38. The molecule has 0 bridgehead atoms. The number of ether oxygens (including phenoxy) is 2. The first-order valence-electron chi connectivity index (χ1n) is 9.13. The van der Waals surface area contributed by atoms with Gasteiger partial charge in [0.25, 0.3) is 0 Å². The van der Waals surface area contributed by atoms with Crippen molar-refractivity contribution in [3.8, 4) is 11.5 Å². The van der Waals surface area contributed by atoms with Crippen molar-refractivity contribution in [3.05, 3.63) is 69.5 Å². The highest BCUT2D eigenvalue weighted by Gasteiger charge is 2.21. The molecule has 0 saturated carbocycles. The molecule has 0 aliphatic rings. The summed E-state index contributed by atoms with van der Waals surface area (Å²) in [7, 11) is 1.37. The first-order valence-corrected chi connectivity index (χ1v) is 10.4. The minimum atomic E-state index is -0.508. The topological polar surface area (TPSA) is 105 Å². The van der Waals surface area contributed by atoms with Gasteiger partial charge in [0.15, 0.2) is 11.6 Å². The highest BCUT2D eigenvalue weighted by Crippen LogP contribution is 2.37. The third-order valence-corrected chi connectivity index (χ3v) is 4.76. The normalized spacial score (nSPS) is 11.0. The van der Waals surface area contributed by atoms with Gasteiger partial charge in [-0.1, -0.05) is 42.1 Å². The molecule has 10 heteroatoms. The van der Waals surface area contributed by atoms with Gasteiger partial charge in [-0.2, -0.15) is 9.78 Å². The Hall–Kier alpha value is -3.40. The average molecular weight is 427 g/mol. The highest BCUT2D eigenvalue weighted by atomic mass is 32.2. The maximum Gasteiger partial charge on any atom is 0.315 e. The molecule has 0 aliphatic carbocycles. The number of hydrogen-bond acceptors (Lipinski definition) is 8. The van der Waals surface area contributed by atoms with Crippen LogP contribution in [-0.4, -0.2) is 46.0 Å². The molecular weight excluding hydrogens is 406 g/mol. The standard InChI is InChI=1S/C20H21N5O4S/c1-4-29-17-11-15(10-16(25(26)27)19(17)28-2)13-21-24-18(22-23-20(24)30-3)12-14-8-6-5-7-9-14/h5-11,13H,4,12H2,1-3H3/b21-13-. The van der Waals surface area contributed by atoms with Gasteiger partial charge in [0.1, 0.15) is 0 Å². The Morgan fingerprint density at radius 1 is 1.27 bits per heavy atom. The molecule has 0 spiro atoms. The first-order chi connectivity index (χ1) is 14.6. The number of nitro groups is 1. The van der Waals surface area contributed by atoms with Crippen LogP contribution >= 0.6 is 11.8 Å². The molecule has 3 rings (SSSR count). The Morgan fingerprint density at radius 2 is 2.03 bits per heavy atom. The van der Waals surface area contributed by atoms with E-state index in [0.29, 0.717) is 29.6 Å². The van der Waals surface area contributed by atoms with Crippen molar-refractivity contribution in [3.63, 3.8) is 0 Å². The van der Waals surface area contributed by atoms with Gasteiger partial charge in [-0.25, -0.2) is 0 Å². The zero-order chi connectivity index (χ0) is 21.5. The van der Waals surface area contributed by atoms with Crippen molar-refractivity contribution >= 4 is 23.7 Å². The van der Waals surface area contributed by atoms with Crippen LogP contribution in [0.2, 0.25) is 0 Å². The zero-order valence-electron chi connectivity index (χ0n) is 16.8. The fourth-order valence-corrected chi connectivity index (χ4v) is 3.29. The second-order valence-electron chi connectivity index (χ2n) is 6.08. The van der Waals surface area contributed by atoms with Crippen LogP contribution in [0.1, 0.15) is 23.9 Å². The van der Waals surface area contributed by atoms with Gasteiger partial charge < -0.3 is 9.47 Å². The molecular formula is C20H21N5O4S. The minimum Gasteiger partial charge on any atom is -0.490 e. The second-order valence-corrected chi connectivity index (χ2v) is 6.86. The smallest absolute Gasteiger partial charge is 0.315 e. The van der Waals surface area contributed by atoms with E-state index in [1.807, 2.05) is 36.6 Å². The van der Waals surface area contributed by atoms with Crippen LogP contribution in [0.25, 0.3) is 0 Å². The predicted octanol–water partition coefficient (Wildman–Crippen LogP) is 3.79. The van der Waals surface area contributed by atoms with Gasteiger partial charge in [0.2, 0.25) is 10.9 Å². The molecule has 1 heterocycles. The first kappa shape index (κ1) is 21.3. The summed E-state index contributed by atoms with van der Waals surface area (Å²) in [4.78, 5) is 11.0. The number of nitro benzene ring substituents is 1. The summed E-state index contributed by atoms with van der Waals surface area (Å²) in [6.07, 6.45) is 3.96. The SMILES string of the molecule is CCOc1cc(/C=N\n2c(Cc3ccccc3)nnc2SC)cc([N+](=O)[O-])c1OC. The third kappa shape index (κ3) is 4.77. The van der Waals surface area contributed by atoms with E-state index in [4.69, 9.17) is 9.47 Å². The number of rotatable bonds is 9. The molecule has 0 atom stereocenters. The lowest BCUT2D eigenvalue weighted by molar-refractivity contribution is -0.385. The molecule has 156 valence electrons. The number of methoxy groups -OCH3 is 1. The van der Waals surface area contributed by atoms with Crippen molar-refractivity contribution in [2.75, 3.05) is 20.0 Å². The summed E-state index contributed by atoms with van der Waals surface area (Å²) in [5, 5.41) is 25.0. The van der Waals surface area contributed by atoms with Gasteiger partial charge in [-0.05, 0) is 24.8 Å². The number of aromatic nitrogens is 3. The lowest BCUT2D eigenvalue weighted by Gasteiger charge is -2.10. The lowest BCUT2D eigenvalue weighted by Crippen LogP contribution is -2.03. The molecule has 0 unspecified atom stereocenters. The van der Waals surface area contributed by atoms with E-state index in [0.717, 1.165) is 5.56 Å². The van der Waals surface area contributed by atoms with Gasteiger partial charge >= 0.3 is 5.69 Å². The van der Waals surface area contributed by atoms with Gasteiger partial charge in [0, 0.05) is 18.1 Å². The van der Waals surface area contributed by atoms with Gasteiger partial charge in [0.05, 0.1) is 24.9 Å². The van der Waals surface area contributed by atoms with Crippen molar-refractivity contribution in [1.82, 2.24) is 14.9 Å². The minimum absolute atomic E-state index is 0.0814. The molecule has 0 amide bonds. The molecule has 9 nitrogen and oxygen atoms in total. The Labute approximate surface area is 177 Å². The van der Waals surface area contributed by atoms with Crippen molar-refractivity contribution in [2.24, 2.45) is 5.10 Å². The molecule has 2 aromatic carbocycles. The Balaban J connectivity index is 1.99. The van der Waals surface area contributed by atoms with E-state index in [-0.39, 0.29) is 17.2 Å². The fourth-order valence-electron chi connectivity index (χ4n) is 2.84. The van der Waals surface area contributed by atoms with Gasteiger partial charge in [-0.15, -0.1) is 10.2 Å². The molecule has 0 fully saturated rings. The Morgan fingerprint density at radius 3 is 2.67 bits per heavy atom. The van der Waals surface area contributed by atoms with Crippen LogP contribution in [0.15, 0.2) is 52.7 Å². The molecule has 0 N–H and O–H groups in total. The van der Waals surface area contributed by atoms with Crippen LogP contribution in [0.3, 0.4) is 0 Å². The van der Waals surface area contributed by atoms with E-state index in [9.17, 15) is 10.1 Å². The molecule has 1 aromatic heterocycles. The largest absolute Gasteiger partial charge is 0.490 e. The summed E-state index contributed by atoms with van der Waals surface area (Å²) in [6.45, 7) is 2.14. The van der Waals surface area contributed by atoms with E-state index in [1.54, 1.807) is 17.7 Å². The monoisotopic (exact) mass is 427 g/mol. The molecule has 0 radical (unpaired) electrons. The fraction of sp³-hybridized carbons (Fsp3) is 0.250. The average Bonchev–Trinajstić information content (AvgIpc) is 3.14. The molecule has 30 heavy (non-hydrogen) atoms. The predicted molar refractivity (Wildman–Crippen MR) is 115 cm³/mol. The van der Waals surface area contributed by atoms with E-state index in [1.165, 1.54) is 31.2 Å². The summed E-state index contributed by atoms with van der Waals surface area (Å²) < 4.78 is 12.3. The number of hydrogen-bond donors (Lipinski definition) is 0. The van der Waals surface area contributed by atoms with Crippen molar-refractivity contribution < 1.29 is 14.4 Å². The Bertz CT molecular complexity index is 1050. The zero-order valence-corrected chi connectivity index (χ0v) is 17.6. The summed E-state index contributed by atoms with van der Waals surface area (Å²) >= 11 is 1.41. The quantitative estimate of drug-likeness (QED) is 0.221. The highest BCUT2D eigenvalue weighted by molar-refractivity contribution is 7.98. The maximum absolute atomic E-state index is 11.5. The summed E-state index contributed by atoms with van der Waals surface area (Å²) in [6, 6.07) is 12.9. The van der Waals surface area contributed by atoms with Crippen LogP contribution < -0.4 is 9.47 Å². The number of nitrogens with zero attached hydrogens (tertiary/aromatic N) is 5. The van der Waals surface area contributed by atoms with E-state index >= 15 is 0 Å². The molecule has 0 aliphatic heterocycles. The third-order valence-electron chi connectivity index (χ3n) is 4.14. The van der Waals surface area contributed by atoms with Crippen molar-refractivity contribution in [2.45, 2.75) is 18.5 Å². The number of thioether (sulfide) groups is 1. The lowest BCUT2D eigenvalue weighted by atomic mass is 10.1. The van der Waals surface area contributed by atoms with E-state index < -0.39 is 4.92 Å². The molecule has 3 aromatic rings. The van der Waals surface area contributed by atoms with Gasteiger partial charge in [-0.3, -0.25) is 10.1 Å².